The van der Waals surface area contributed by atoms with Gasteiger partial charge in [0.1, 0.15) is 5.78 Å². The highest BCUT2D eigenvalue weighted by molar-refractivity contribution is 5.85. The maximum atomic E-state index is 12.0. The van der Waals surface area contributed by atoms with E-state index in [1.807, 2.05) is 0 Å². The Hall–Kier alpha value is -1.75. The minimum Gasteiger partial charge on any atom is -0.387 e. The fourth-order valence-electron chi connectivity index (χ4n) is 2.64. The first-order chi connectivity index (χ1) is 8.95. The summed E-state index contributed by atoms with van der Waals surface area (Å²) in [6.45, 7) is 1.78. The number of aliphatic hydroxyl groups is 1. The third-order valence-corrected chi connectivity index (χ3v) is 4.01. The van der Waals surface area contributed by atoms with Crippen molar-refractivity contribution in [3.8, 4) is 0 Å². The Morgan fingerprint density at radius 3 is 2.47 bits per heavy atom. The number of nitrogens with zero attached hydrogens (tertiary/aromatic N) is 1. The van der Waals surface area contributed by atoms with Gasteiger partial charge in [0.2, 0.25) is 0 Å². The number of benzene rings is 1. The molecule has 0 saturated heterocycles. The van der Waals surface area contributed by atoms with Crippen molar-refractivity contribution in [1.29, 1.82) is 0 Å². The number of carbonyl (C=O) groups excluding carboxylic acids is 1. The fourth-order valence-corrected chi connectivity index (χ4v) is 2.64. The zero-order chi connectivity index (χ0) is 14.0. The molecule has 2 rings (SSSR count). The summed E-state index contributed by atoms with van der Waals surface area (Å²) in [6, 6.07) is 5.76. The molecule has 1 aliphatic carbocycles. The van der Waals surface area contributed by atoms with Gasteiger partial charge in [0, 0.05) is 18.6 Å². The molecule has 1 saturated carbocycles. The van der Waals surface area contributed by atoms with Gasteiger partial charge in [0.15, 0.2) is 0 Å². The molecule has 5 nitrogen and oxygen atoms in total. The van der Waals surface area contributed by atoms with Crippen LogP contribution in [-0.2, 0) is 4.79 Å². The molecule has 19 heavy (non-hydrogen) atoms. The van der Waals surface area contributed by atoms with E-state index in [0.717, 1.165) is 12.8 Å². The lowest BCUT2D eigenvalue weighted by molar-refractivity contribution is -0.384. The minimum atomic E-state index is -0.902. The second-order valence-corrected chi connectivity index (χ2v) is 5.30. The lowest BCUT2D eigenvalue weighted by Crippen LogP contribution is -2.37. The van der Waals surface area contributed by atoms with Crippen molar-refractivity contribution >= 4 is 11.5 Å². The zero-order valence-corrected chi connectivity index (χ0v) is 10.8. The third kappa shape index (κ3) is 2.51. The Bertz CT molecular complexity index is 497. The average molecular weight is 263 g/mol. The number of non-ortho nitro benzene ring substituents is 1. The molecule has 0 amide bonds. The van der Waals surface area contributed by atoms with Gasteiger partial charge in [-0.15, -0.1) is 0 Å². The van der Waals surface area contributed by atoms with Crippen molar-refractivity contribution in [3.05, 3.63) is 39.9 Å². The summed E-state index contributed by atoms with van der Waals surface area (Å²) in [7, 11) is 0. The maximum Gasteiger partial charge on any atom is 0.269 e. The van der Waals surface area contributed by atoms with Crippen LogP contribution in [0, 0.1) is 15.5 Å². The molecule has 0 spiro atoms. The minimum absolute atomic E-state index is 0.0175. The van der Waals surface area contributed by atoms with Gasteiger partial charge in [-0.2, -0.15) is 0 Å². The molecule has 0 aliphatic heterocycles. The van der Waals surface area contributed by atoms with Gasteiger partial charge in [0.05, 0.1) is 16.4 Å². The molecule has 2 atom stereocenters. The molecule has 1 aliphatic rings. The Labute approximate surface area is 111 Å². The normalized spacial score (nSPS) is 25.1. The van der Waals surface area contributed by atoms with E-state index in [1.54, 1.807) is 6.92 Å². The van der Waals surface area contributed by atoms with Crippen LogP contribution >= 0.6 is 0 Å². The molecule has 0 bridgehead atoms. The average Bonchev–Trinajstić information content (AvgIpc) is 2.41. The maximum absolute atomic E-state index is 12.0. The number of nitro benzene ring substituents is 1. The summed E-state index contributed by atoms with van der Waals surface area (Å²) >= 11 is 0. The highest BCUT2D eigenvalue weighted by Gasteiger charge is 2.42. The Morgan fingerprint density at radius 2 is 1.95 bits per heavy atom. The van der Waals surface area contributed by atoms with E-state index in [1.165, 1.54) is 24.3 Å². The quantitative estimate of drug-likeness (QED) is 0.671. The summed E-state index contributed by atoms with van der Waals surface area (Å²) in [4.78, 5) is 22.1. The Kier molecular flexibility index (Phi) is 3.66. The van der Waals surface area contributed by atoms with Crippen molar-refractivity contribution in [2.24, 2.45) is 5.41 Å². The lowest BCUT2D eigenvalue weighted by atomic mass is 9.69. The van der Waals surface area contributed by atoms with Gasteiger partial charge >= 0.3 is 0 Å². The van der Waals surface area contributed by atoms with E-state index in [9.17, 15) is 20.0 Å². The number of ketones is 1. The first-order valence-corrected chi connectivity index (χ1v) is 6.41. The largest absolute Gasteiger partial charge is 0.387 e. The highest BCUT2D eigenvalue weighted by atomic mass is 16.6. The Balaban J connectivity index is 2.25. The van der Waals surface area contributed by atoms with E-state index >= 15 is 0 Å². The molecule has 102 valence electrons. The molecule has 5 heteroatoms. The van der Waals surface area contributed by atoms with E-state index in [2.05, 4.69) is 0 Å². The van der Waals surface area contributed by atoms with Crippen molar-refractivity contribution in [1.82, 2.24) is 0 Å². The Morgan fingerprint density at radius 1 is 1.32 bits per heavy atom. The third-order valence-electron chi connectivity index (χ3n) is 4.01. The van der Waals surface area contributed by atoms with Crippen molar-refractivity contribution in [2.75, 3.05) is 0 Å². The number of rotatable bonds is 3. The summed E-state index contributed by atoms with van der Waals surface area (Å²) in [5.74, 6) is 0.0737. The van der Waals surface area contributed by atoms with Crippen LogP contribution in [0.3, 0.4) is 0 Å². The summed E-state index contributed by atoms with van der Waals surface area (Å²) in [5.41, 5.74) is -0.228. The monoisotopic (exact) mass is 263 g/mol. The first-order valence-electron chi connectivity index (χ1n) is 6.41. The smallest absolute Gasteiger partial charge is 0.269 e. The van der Waals surface area contributed by atoms with Crippen LogP contribution in [0.2, 0.25) is 0 Å². The van der Waals surface area contributed by atoms with Crippen LogP contribution in [0.15, 0.2) is 24.3 Å². The van der Waals surface area contributed by atoms with Gasteiger partial charge in [-0.3, -0.25) is 14.9 Å². The summed E-state index contributed by atoms with van der Waals surface area (Å²) in [6.07, 6.45) is 2.05. The van der Waals surface area contributed by atoms with Crippen LogP contribution < -0.4 is 0 Å². The molecule has 1 fully saturated rings. The van der Waals surface area contributed by atoms with Crippen LogP contribution in [-0.4, -0.2) is 15.8 Å². The van der Waals surface area contributed by atoms with Gasteiger partial charge in [0.25, 0.3) is 5.69 Å². The topological polar surface area (TPSA) is 80.4 Å². The van der Waals surface area contributed by atoms with E-state index < -0.39 is 16.4 Å². The molecule has 0 unspecified atom stereocenters. The SMILES string of the molecule is C[C@]1([C@@H](O)c2ccc([N+](=O)[O-])cc2)CCCCC1=O. The van der Waals surface area contributed by atoms with E-state index in [-0.39, 0.29) is 11.5 Å². The molecule has 0 aromatic heterocycles. The number of hydrogen-bond donors (Lipinski definition) is 1. The van der Waals surface area contributed by atoms with Crippen molar-refractivity contribution in [3.63, 3.8) is 0 Å². The number of carbonyl (C=O) groups is 1. The van der Waals surface area contributed by atoms with Gasteiger partial charge in [-0.1, -0.05) is 6.42 Å². The van der Waals surface area contributed by atoms with Crippen LogP contribution in [0.5, 0.6) is 0 Å². The standard InChI is InChI=1S/C14H17NO4/c1-14(9-3-2-4-12(14)16)13(17)10-5-7-11(8-6-10)15(18)19/h5-8,13,17H,2-4,9H2,1H3/t13-,14-/m0/s1. The molecule has 0 radical (unpaired) electrons. The molecule has 1 aromatic rings. The van der Waals surface area contributed by atoms with Crippen LogP contribution in [0.1, 0.15) is 44.3 Å². The summed E-state index contributed by atoms with van der Waals surface area (Å²) < 4.78 is 0. The van der Waals surface area contributed by atoms with Gasteiger partial charge in [-0.05, 0) is 37.5 Å². The number of Topliss-reactive ketones (excluding diaryl/α,β-unsaturated/α-hetero) is 1. The second kappa shape index (κ2) is 5.09. The number of hydrogen-bond acceptors (Lipinski definition) is 4. The molecular weight excluding hydrogens is 246 g/mol. The van der Waals surface area contributed by atoms with Crippen molar-refractivity contribution in [2.45, 2.75) is 38.7 Å². The first kappa shape index (κ1) is 13.7. The van der Waals surface area contributed by atoms with Crippen LogP contribution in [0.4, 0.5) is 5.69 Å². The summed E-state index contributed by atoms with van der Waals surface area (Å²) in [5, 5.41) is 21.0. The number of nitro groups is 1. The molecule has 1 aromatic carbocycles. The van der Waals surface area contributed by atoms with E-state index in [4.69, 9.17) is 0 Å². The molecule has 0 heterocycles. The zero-order valence-electron chi connectivity index (χ0n) is 10.8. The predicted molar refractivity (Wildman–Crippen MR) is 69.6 cm³/mol. The second-order valence-electron chi connectivity index (χ2n) is 5.30. The van der Waals surface area contributed by atoms with Gasteiger partial charge in [-0.25, -0.2) is 0 Å². The molecular formula is C14H17NO4. The van der Waals surface area contributed by atoms with Crippen molar-refractivity contribution < 1.29 is 14.8 Å². The van der Waals surface area contributed by atoms with Gasteiger partial charge < -0.3 is 5.11 Å². The highest BCUT2D eigenvalue weighted by Crippen LogP contribution is 2.43. The lowest BCUT2D eigenvalue weighted by Gasteiger charge is -2.36. The predicted octanol–water partition coefficient (Wildman–Crippen LogP) is 2.78. The number of aliphatic hydroxyl groups excluding tert-OH is 1. The molecule has 1 N–H and O–H groups in total. The fraction of sp³-hybridized carbons (Fsp3) is 0.500. The van der Waals surface area contributed by atoms with Crippen LogP contribution in [0.25, 0.3) is 0 Å². The van der Waals surface area contributed by atoms with E-state index in [0.29, 0.717) is 18.4 Å².